The van der Waals surface area contributed by atoms with Crippen molar-refractivity contribution in [3.63, 3.8) is 0 Å². The van der Waals surface area contributed by atoms with Crippen molar-refractivity contribution in [3.8, 4) is 0 Å². The molecule has 0 spiro atoms. The molecule has 3 rings (SSSR count). The normalized spacial score (nSPS) is 13.9. The zero-order valence-electron chi connectivity index (χ0n) is 16.0. The summed E-state index contributed by atoms with van der Waals surface area (Å²) in [6.07, 6.45) is 0. The van der Waals surface area contributed by atoms with Crippen LogP contribution >= 0.6 is 0 Å². The van der Waals surface area contributed by atoms with Crippen LogP contribution in [0.25, 0.3) is 11.0 Å². The van der Waals surface area contributed by atoms with E-state index in [2.05, 4.69) is 16.0 Å². The van der Waals surface area contributed by atoms with E-state index in [0.717, 1.165) is 16.6 Å². The van der Waals surface area contributed by atoms with Crippen LogP contribution in [0.5, 0.6) is 0 Å². The molecule has 3 N–H and O–H groups in total. The Kier molecular flexibility index (Phi) is 5.38. The number of fused-ring (bicyclic) bond motifs is 1. The fraction of sp³-hybridized carbons (Fsp3) is 0.500. The highest BCUT2D eigenvalue weighted by atomic mass is 16.2. The summed E-state index contributed by atoms with van der Waals surface area (Å²) in [5.41, 5.74) is 3.17. The van der Waals surface area contributed by atoms with Crippen molar-refractivity contribution in [1.29, 1.82) is 0 Å². The minimum Gasteiger partial charge on any atom is -0.336 e. The zero-order chi connectivity index (χ0) is 19.6. The highest BCUT2D eigenvalue weighted by molar-refractivity contribution is 5.93. The standard InChI is InChI=1S/C18H26N6O3/c1-4-23-14-10-12(3)13(11-15(14)24(5-2)18(23)27)21-16(25)19-6-8-22-9-7-20-17(22)26/h10-11H,4-9H2,1-3H3,(H,20,26)(H2,19,21,25). The topological polar surface area (TPSA) is 100 Å². The number of aromatic nitrogens is 2. The van der Waals surface area contributed by atoms with Crippen LogP contribution in [-0.4, -0.2) is 52.3 Å². The number of imidazole rings is 1. The first-order valence-electron chi connectivity index (χ1n) is 9.27. The first-order chi connectivity index (χ1) is 13.0. The molecule has 0 bridgehead atoms. The third kappa shape index (κ3) is 3.62. The van der Waals surface area contributed by atoms with Crippen molar-refractivity contribution in [1.82, 2.24) is 24.7 Å². The van der Waals surface area contributed by atoms with E-state index in [0.29, 0.717) is 45.0 Å². The summed E-state index contributed by atoms with van der Waals surface area (Å²) in [5.74, 6) is 0. The number of amides is 4. The summed E-state index contributed by atoms with van der Waals surface area (Å²) in [7, 11) is 0. The number of aryl methyl sites for hydroxylation is 3. The Morgan fingerprint density at radius 2 is 1.81 bits per heavy atom. The van der Waals surface area contributed by atoms with Crippen LogP contribution in [0.1, 0.15) is 19.4 Å². The Balaban J connectivity index is 1.72. The molecule has 0 aliphatic carbocycles. The van der Waals surface area contributed by atoms with Crippen molar-refractivity contribution >= 4 is 28.8 Å². The molecule has 0 atom stereocenters. The van der Waals surface area contributed by atoms with Crippen LogP contribution in [0.4, 0.5) is 15.3 Å². The number of nitrogens with one attached hydrogen (secondary N) is 3. The van der Waals surface area contributed by atoms with Gasteiger partial charge in [-0.25, -0.2) is 14.4 Å². The Morgan fingerprint density at radius 1 is 1.15 bits per heavy atom. The van der Waals surface area contributed by atoms with Crippen molar-refractivity contribution in [2.24, 2.45) is 0 Å². The van der Waals surface area contributed by atoms with Crippen LogP contribution in [0, 0.1) is 6.92 Å². The van der Waals surface area contributed by atoms with E-state index >= 15 is 0 Å². The van der Waals surface area contributed by atoms with Gasteiger partial charge in [0, 0.05) is 45.0 Å². The van der Waals surface area contributed by atoms with Crippen molar-refractivity contribution in [2.75, 3.05) is 31.5 Å². The smallest absolute Gasteiger partial charge is 0.329 e. The summed E-state index contributed by atoms with van der Waals surface area (Å²) in [5, 5.41) is 8.33. The molecule has 0 saturated carbocycles. The van der Waals surface area contributed by atoms with Gasteiger partial charge in [0.15, 0.2) is 0 Å². The first kappa shape index (κ1) is 18.8. The second-order valence-corrected chi connectivity index (χ2v) is 6.53. The molecule has 1 fully saturated rings. The number of hydrogen-bond acceptors (Lipinski definition) is 3. The molecular formula is C18H26N6O3. The lowest BCUT2D eigenvalue weighted by Crippen LogP contribution is -2.38. The van der Waals surface area contributed by atoms with Gasteiger partial charge >= 0.3 is 17.8 Å². The van der Waals surface area contributed by atoms with Gasteiger partial charge in [0.1, 0.15) is 0 Å². The third-order valence-corrected chi connectivity index (χ3v) is 4.86. The van der Waals surface area contributed by atoms with E-state index in [-0.39, 0.29) is 17.8 Å². The van der Waals surface area contributed by atoms with Crippen molar-refractivity contribution in [2.45, 2.75) is 33.9 Å². The summed E-state index contributed by atoms with van der Waals surface area (Å²) < 4.78 is 3.43. The van der Waals surface area contributed by atoms with E-state index in [1.807, 2.05) is 32.9 Å². The quantitative estimate of drug-likeness (QED) is 0.710. The molecule has 0 unspecified atom stereocenters. The van der Waals surface area contributed by atoms with E-state index < -0.39 is 0 Å². The Labute approximate surface area is 157 Å². The number of rotatable bonds is 6. The number of benzene rings is 1. The van der Waals surface area contributed by atoms with Gasteiger partial charge in [0.25, 0.3) is 0 Å². The maximum absolute atomic E-state index is 12.5. The van der Waals surface area contributed by atoms with Crippen LogP contribution < -0.4 is 21.6 Å². The third-order valence-electron chi connectivity index (χ3n) is 4.86. The van der Waals surface area contributed by atoms with E-state index in [1.165, 1.54) is 0 Å². The molecular weight excluding hydrogens is 348 g/mol. The first-order valence-corrected chi connectivity index (χ1v) is 9.27. The van der Waals surface area contributed by atoms with Crippen LogP contribution in [-0.2, 0) is 13.1 Å². The molecule has 2 heterocycles. The Hall–Kier alpha value is -2.97. The molecule has 27 heavy (non-hydrogen) atoms. The lowest BCUT2D eigenvalue weighted by Gasteiger charge is -2.15. The lowest BCUT2D eigenvalue weighted by molar-refractivity contribution is 0.216. The van der Waals surface area contributed by atoms with E-state index in [4.69, 9.17) is 0 Å². The SMILES string of the molecule is CCn1c(=O)n(CC)c2cc(NC(=O)NCCN3CCNC3=O)c(C)cc21. The van der Waals surface area contributed by atoms with Gasteiger partial charge in [-0.05, 0) is 38.5 Å². The predicted molar refractivity (Wildman–Crippen MR) is 104 cm³/mol. The van der Waals surface area contributed by atoms with Gasteiger partial charge in [0.05, 0.1) is 11.0 Å². The maximum Gasteiger partial charge on any atom is 0.329 e. The fourth-order valence-electron chi connectivity index (χ4n) is 3.41. The van der Waals surface area contributed by atoms with Crippen LogP contribution in [0.3, 0.4) is 0 Å². The van der Waals surface area contributed by atoms with Crippen molar-refractivity contribution in [3.05, 3.63) is 28.2 Å². The van der Waals surface area contributed by atoms with E-state index in [1.54, 1.807) is 14.0 Å². The summed E-state index contributed by atoms with van der Waals surface area (Å²) >= 11 is 0. The highest BCUT2D eigenvalue weighted by Gasteiger charge is 2.19. The largest absolute Gasteiger partial charge is 0.336 e. The molecule has 9 heteroatoms. The summed E-state index contributed by atoms with van der Waals surface area (Å²) in [6.45, 7) is 9.05. The molecule has 9 nitrogen and oxygen atoms in total. The average molecular weight is 374 g/mol. The maximum atomic E-state index is 12.5. The number of nitrogens with zero attached hydrogens (tertiary/aromatic N) is 3. The van der Waals surface area contributed by atoms with Gasteiger partial charge in [-0.15, -0.1) is 0 Å². The Morgan fingerprint density at radius 3 is 2.41 bits per heavy atom. The molecule has 1 saturated heterocycles. The number of hydrogen-bond donors (Lipinski definition) is 3. The van der Waals surface area contributed by atoms with Gasteiger partial charge in [-0.1, -0.05) is 0 Å². The Bertz CT molecular complexity index is 929. The zero-order valence-corrected chi connectivity index (χ0v) is 16.0. The van der Waals surface area contributed by atoms with Gasteiger partial charge in [-0.2, -0.15) is 0 Å². The molecule has 1 aliphatic rings. The number of anilines is 1. The molecule has 4 amide bonds. The fourth-order valence-corrected chi connectivity index (χ4v) is 3.41. The second-order valence-electron chi connectivity index (χ2n) is 6.53. The van der Waals surface area contributed by atoms with Crippen LogP contribution in [0.2, 0.25) is 0 Å². The number of carbonyl (C=O) groups is 2. The van der Waals surface area contributed by atoms with Crippen molar-refractivity contribution < 1.29 is 9.59 Å². The average Bonchev–Trinajstić information content (AvgIpc) is 3.15. The molecule has 146 valence electrons. The van der Waals surface area contributed by atoms with Gasteiger partial charge in [-0.3, -0.25) is 9.13 Å². The second kappa shape index (κ2) is 7.73. The molecule has 1 aromatic heterocycles. The summed E-state index contributed by atoms with van der Waals surface area (Å²) in [6, 6.07) is 3.33. The van der Waals surface area contributed by atoms with E-state index in [9.17, 15) is 14.4 Å². The highest BCUT2D eigenvalue weighted by Crippen LogP contribution is 2.23. The van der Waals surface area contributed by atoms with Gasteiger partial charge < -0.3 is 20.9 Å². The number of carbonyl (C=O) groups excluding carboxylic acids is 2. The molecule has 0 radical (unpaired) electrons. The monoisotopic (exact) mass is 374 g/mol. The molecule has 1 aliphatic heterocycles. The van der Waals surface area contributed by atoms with Crippen LogP contribution in [0.15, 0.2) is 16.9 Å². The molecule has 2 aromatic rings. The molecule has 1 aromatic carbocycles. The predicted octanol–water partition coefficient (Wildman–Crippen LogP) is 1.30. The summed E-state index contributed by atoms with van der Waals surface area (Å²) in [4.78, 5) is 37.8. The number of urea groups is 2. The van der Waals surface area contributed by atoms with Gasteiger partial charge in [0.2, 0.25) is 0 Å². The minimum absolute atomic E-state index is 0.0418. The lowest BCUT2D eigenvalue weighted by atomic mass is 10.1. The minimum atomic E-state index is -0.336.